The molecule has 0 bridgehead atoms. The largest absolute Gasteiger partial charge is 0.276 e. The molecule has 0 aliphatic carbocycles. The molecule has 4 heteroatoms. The monoisotopic (exact) mass is 577 g/mol. The fourth-order valence-electron chi connectivity index (χ4n) is 7.12. The summed E-state index contributed by atoms with van der Waals surface area (Å²) in [6.07, 6.45) is 0. The second kappa shape index (κ2) is 8.96. The predicted octanol–water partition coefficient (Wildman–Crippen LogP) is 11.1. The summed E-state index contributed by atoms with van der Waals surface area (Å²) in [5.41, 5.74) is 5.26. The van der Waals surface area contributed by atoms with Crippen LogP contribution in [-0.4, -0.2) is 14.5 Å². The molecular formula is C40H23N3S. The molecule has 0 saturated heterocycles. The summed E-state index contributed by atoms with van der Waals surface area (Å²) >= 11 is 1.86. The van der Waals surface area contributed by atoms with Crippen LogP contribution in [-0.2, 0) is 0 Å². The summed E-state index contributed by atoms with van der Waals surface area (Å²) in [7, 11) is 0. The van der Waals surface area contributed by atoms with Crippen LogP contribution in [0.4, 0.5) is 0 Å². The molecule has 0 spiro atoms. The van der Waals surface area contributed by atoms with Crippen LogP contribution in [0, 0.1) is 0 Å². The molecule has 0 fully saturated rings. The van der Waals surface area contributed by atoms with Crippen molar-refractivity contribution in [2.24, 2.45) is 0 Å². The smallest absolute Gasteiger partial charge is 0.235 e. The van der Waals surface area contributed by atoms with E-state index in [-0.39, 0.29) is 0 Å². The lowest BCUT2D eigenvalue weighted by Crippen LogP contribution is -2.04. The van der Waals surface area contributed by atoms with E-state index in [9.17, 15) is 0 Å². The molecule has 0 atom stereocenters. The Bertz CT molecular complexity index is 2770. The Hall–Kier alpha value is -5.58. The summed E-state index contributed by atoms with van der Waals surface area (Å²) < 4.78 is 4.90. The average Bonchev–Trinajstić information content (AvgIpc) is 3.65. The van der Waals surface area contributed by atoms with Crippen molar-refractivity contribution in [1.29, 1.82) is 0 Å². The summed E-state index contributed by atoms with van der Waals surface area (Å²) in [6, 6.07) is 49.7. The molecule has 3 heterocycles. The van der Waals surface area contributed by atoms with E-state index in [4.69, 9.17) is 9.97 Å². The van der Waals surface area contributed by atoms with Crippen molar-refractivity contribution in [1.82, 2.24) is 14.5 Å². The molecule has 0 saturated carbocycles. The van der Waals surface area contributed by atoms with Gasteiger partial charge in [0.2, 0.25) is 5.95 Å². The highest BCUT2D eigenvalue weighted by Crippen LogP contribution is 2.48. The van der Waals surface area contributed by atoms with Crippen molar-refractivity contribution in [2.75, 3.05) is 0 Å². The number of aromatic nitrogens is 3. The highest BCUT2D eigenvalue weighted by atomic mass is 32.1. The van der Waals surface area contributed by atoms with Crippen LogP contribution in [0.1, 0.15) is 0 Å². The average molecular weight is 578 g/mol. The topological polar surface area (TPSA) is 30.7 Å². The standard InChI is InChI=1S/C40H23N3S/c1-2-13-25(14-3-1)36-29-18-8-10-20-32(29)41-40(42-36)43-37-26-15-5-4-12-24(26)22-23-31(37)34-27-16-6-7-17-28(27)35-30-19-9-11-21-33(30)44-39(35)38(34)43/h1-23H. The number of hydrogen-bond donors (Lipinski definition) is 0. The molecule has 0 radical (unpaired) electrons. The molecule has 3 nitrogen and oxygen atoms in total. The molecule has 0 unspecified atom stereocenters. The third-order valence-corrected chi connectivity index (χ3v) is 10.1. The fourth-order valence-corrected chi connectivity index (χ4v) is 8.37. The Morgan fingerprint density at radius 1 is 0.455 bits per heavy atom. The zero-order chi connectivity index (χ0) is 28.8. The maximum atomic E-state index is 5.42. The van der Waals surface area contributed by atoms with Gasteiger partial charge in [0.1, 0.15) is 0 Å². The lowest BCUT2D eigenvalue weighted by atomic mass is 9.98. The molecular weight excluding hydrogens is 555 g/mol. The number of fused-ring (bicyclic) bond motifs is 13. The summed E-state index contributed by atoms with van der Waals surface area (Å²) in [5.74, 6) is 0.688. The Morgan fingerprint density at radius 3 is 1.95 bits per heavy atom. The lowest BCUT2D eigenvalue weighted by molar-refractivity contribution is 1.02. The van der Waals surface area contributed by atoms with E-state index in [1.807, 2.05) is 11.3 Å². The van der Waals surface area contributed by atoms with Crippen LogP contribution < -0.4 is 0 Å². The first-order valence-electron chi connectivity index (χ1n) is 14.9. The molecule has 204 valence electrons. The van der Waals surface area contributed by atoms with E-state index in [0.29, 0.717) is 5.95 Å². The van der Waals surface area contributed by atoms with Gasteiger partial charge in [-0.3, -0.25) is 4.57 Å². The quantitative estimate of drug-likeness (QED) is 0.205. The third-order valence-electron chi connectivity index (χ3n) is 8.97. The van der Waals surface area contributed by atoms with Crippen molar-refractivity contribution in [3.8, 4) is 17.2 Å². The molecule has 0 N–H and O–H groups in total. The Labute approximate surface area is 256 Å². The SMILES string of the molecule is c1ccc(-c2nc(-n3c4c5ccccc5ccc4c4c5ccccc5c5c6ccccc6sc5c43)nc3ccccc23)cc1. The first-order chi connectivity index (χ1) is 21.8. The van der Waals surface area contributed by atoms with E-state index < -0.39 is 0 Å². The number of benzene rings is 7. The van der Waals surface area contributed by atoms with Gasteiger partial charge < -0.3 is 0 Å². The van der Waals surface area contributed by atoms with Crippen LogP contribution in [0.5, 0.6) is 0 Å². The molecule has 0 amide bonds. The van der Waals surface area contributed by atoms with Gasteiger partial charge in [0, 0.05) is 42.6 Å². The van der Waals surface area contributed by atoms with E-state index >= 15 is 0 Å². The minimum Gasteiger partial charge on any atom is -0.276 e. The number of rotatable bonds is 2. The Balaban J connectivity index is 1.51. The molecule has 7 aromatic carbocycles. The molecule has 0 aliphatic rings. The van der Waals surface area contributed by atoms with Crippen molar-refractivity contribution in [3.63, 3.8) is 0 Å². The molecule has 44 heavy (non-hydrogen) atoms. The van der Waals surface area contributed by atoms with E-state index in [1.54, 1.807) is 0 Å². The van der Waals surface area contributed by atoms with Gasteiger partial charge in [0.05, 0.1) is 26.9 Å². The van der Waals surface area contributed by atoms with E-state index in [1.165, 1.54) is 58.0 Å². The zero-order valence-corrected chi connectivity index (χ0v) is 24.3. The molecule has 10 aromatic rings. The lowest BCUT2D eigenvalue weighted by Gasteiger charge is -2.13. The maximum Gasteiger partial charge on any atom is 0.235 e. The van der Waals surface area contributed by atoms with Gasteiger partial charge in [-0.05, 0) is 28.3 Å². The van der Waals surface area contributed by atoms with Crippen LogP contribution in [0.2, 0.25) is 0 Å². The van der Waals surface area contributed by atoms with E-state index in [2.05, 4.69) is 144 Å². The second-order valence-corrected chi connectivity index (χ2v) is 12.4. The summed E-state index contributed by atoms with van der Waals surface area (Å²) in [4.78, 5) is 10.7. The zero-order valence-electron chi connectivity index (χ0n) is 23.5. The fraction of sp³-hybridized carbons (Fsp3) is 0. The van der Waals surface area contributed by atoms with Crippen LogP contribution >= 0.6 is 11.3 Å². The van der Waals surface area contributed by atoms with Crippen LogP contribution in [0.15, 0.2) is 140 Å². The first-order valence-corrected chi connectivity index (χ1v) is 15.7. The Morgan fingerprint density at radius 2 is 1.11 bits per heavy atom. The number of nitrogens with zero attached hydrogens (tertiary/aromatic N) is 3. The summed E-state index contributed by atoms with van der Waals surface area (Å²) in [5, 5.41) is 11.0. The maximum absolute atomic E-state index is 5.42. The molecule has 10 rings (SSSR count). The number of para-hydroxylation sites is 1. The van der Waals surface area contributed by atoms with Crippen molar-refractivity contribution >= 4 is 85.8 Å². The first kappa shape index (κ1) is 23.9. The van der Waals surface area contributed by atoms with E-state index in [0.717, 1.165) is 27.7 Å². The van der Waals surface area contributed by atoms with Gasteiger partial charge in [-0.25, -0.2) is 9.97 Å². The van der Waals surface area contributed by atoms with Crippen LogP contribution in [0.25, 0.3) is 91.6 Å². The Kier molecular flexibility index (Phi) is 4.87. The summed E-state index contributed by atoms with van der Waals surface area (Å²) in [6.45, 7) is 0. The second-order valence-electron chi connectivity index (χ2n) is 11.3. The number of thiophene rings is 1. The van der Waals surface area contributed by atoms with Crippen LogP contribution in [0.3, 0.4) is 0 Å². The van der Waals surface area contributed by atoms with Gasteiger partial charge >= 0.3 is 0 Å². The van der Waals surface area contributed by atoms with Gasteiger partial charge in [-0.1, -0.05) is 127 Å². The minimum absolute atomic E-state index is 0.688. The van der Waals surface area contributed by atoms with Crippen molar-refractivity contribution < 1.29 is 0 Å². The normalized spacial score (nSPS) is 12.1. The number of hydrogen-bond acceptors (Lipinski definition) is 3. The van der Waals surface area contributed by atoms with Gasteiger partial charge in [-0.15, -0.1) is 11.3 Å². The van der Waals surface area contributed by atoms with Crippen molar-refractivity contribution in [2.45, 2.75) is 0 Å². The van der Waals surface area contributed by atoms with Crippen molar-refractivity contribution in [3.05, 3.63) is 140 Å². The molecule has 3 aromatic heterocycles. The highest BCUT2D eigenvalue weighted by Gasteiger charge is 2.24. The third kappa shape index (κ3) is 3.20. The van der Waals surface area contributed by atoms with Gasteiger partial charge in [-0.2, -0.15) is 0 Å². The van der Waals surface area contributed by atoms with Gasteiger partial charge in [0.15, 0.2) is 0 Å². The molecule has 0 aliphatic heterocycles. The van der Waals surface area contributed by atoms with Gasteiger partial charge in [0.25, 0.3) is 0 Å². The predicted molar refractivity (Wildman–Crippen MR) is 187 cm³/mol. The highest BCUT2D eigenvalue weighted by molar-refractivity contribution is 7.27. The minimum atomic E-state index is 0.688.